The SMILES string of the molecule is CCOC(=O)c1cccc(N2C(=O)C(=O)/C(=C(\O)c3cccc([N+](=O)[O-])c3)C2c2ccc(O)cc2)c1. The Hall–Kier alpha value is -4.99. The second kappa shape index (κ2) is 9.71. The summed E-state index contributed by atoms with van der Waals surface area (Å²) < 4.78 is 5.02. The molecule has 1 unspecified atom stereocenters. The second-order valence-corrected chi connectivity index (χ2v) is 7.84. The van der Waals surface area contributed by atoms with Crippen molar-refractivity contribution in [3.05, 3.63) is 105 Å². The molecule has 0 aromatic heterocycles. The van der Waals surface area contributed by atoms with Crippen LogP contribution in [0.4, 0.5) is 11.4 Å². The van der Waals surface area contributed by atoms with E-state index in [1.54, 1.807) is 6.92 Å². The lowest BCUT2D eigenvalue weighted by Crippen LogP contribution is -2.29. The number of hydrogen-bond acceptors (Lipinski definition) is 8. The van der Waals surface area contributed by atoms with Crippen LogP contribution < -0.4 is 4.90 Å². The number of aliphatic hydroxyl groups excluding tert-OH is 1. The Balaban J connectivity index is 1.92. The quantitative estimate of drug-likeness (QED) is 0.132. The lowest BCUT2D eigenvalue weighted by Gasteiger charge is -2.25. The van der Waals surface area contributed by atoms with Crippen LogP contribution in [0.5, 0.6) is 5.75 Å². The topological polar surface area (TPSA) is 147 Å². The van der Waals surface area contributed by atoms with E-state index in [0.717, 1.165) is 11.0 Å². The Morgan fingerprint density at radius 2 is 1.69 bits per heavy atom. The van der Waals surface area contributed by atoms with Crippen molar-refractivity contribution in [3.8, 4) is 5.75 Å². The third-order valence-corrected chi connectivity index (χ3v) is 5.62. The molecule has 0 spiro atoms. The smallest absolute Gasteiger partial charge is 0.338 e. The van der Waals surface area contributed by atoms with Crippen LogP contribution in [0, 0.1) is 10.1 Å². The molecule has 1 atom stereocenters. The molecular formula is C26H20N2O8. The fourth-order valence-corrected chi connectivity index (χ4v) is 3.99. The second-order valence-electron chi connectivity index (χ2n) is 7.84. The van der Waals surface area contributed by atoms with Crippen molar-refractivity contribution in [2.24, 2.45) is 0 Å². The molecule has 182 valence electrons. The summed E-state index contributed by atoms with van der Waals surface area (Å²) in [5, 5.41) is 32.1. The summed E-state index contributed by atoms with van der Waals surface area (Å²) in [6.45, 7) is 1.79. The molecule has 2 N–H and O–H groups in total. The van der Waals surface area contributed by atoms with Gasteiger partial charge in [0.2, 0.25) is 0 Å². The molecule has 10 heteroatoms. The zero-order valence-electron chi connectivity index (χ0n) is 19.0. The first kappa shape index (κ1) is 24.1. The predicted octanol–water partition coefficient (Wildman–Crippen LogP) is 4.10. The van der Waals surface area contributed by atoms with Crippen LogP contribution in [0.2, 0.25) is 0 Å². The van der Waals surface area contributed by atoms with Crippen molar-refractivity contribution >= 4 is 34.8 Å². The van der Waals surface area contributed by atoms with Crippen molar-refractivity contribution in [2.45, 2.75) is 13.0 Å². The third kappa shape index (κ3) is 4.39. The number of nitro groups is 1. The molecule has 3 aromatic rings. The minimum atomic E-state index is -1.15. The van der Waals surface area contributed by atoms with Gasteiger partial charge in [-0.3, -0.25) is 24.6 Å². The van der Waals surface area contributed by atoms with Gasteiger partial charge in [0.05, 0.1) is 28.7 Å². The fourth-order valence-electron chi connectivity index (χ4n) is 3.99. The molecule has 4 rings (SSSR count). The van der Waals surface area contributed by atoms with Crippen molar-refractivity contribution < 1.29 is 34.3 Å². The maximum Gasteiger partial charge on any atom is 0.338 e. The van der Waals surface area contributed by atoms with E-state index < -0.39 is 34.4 Å². The predicted molar refractivity (Wildman–Crippen MR) is 128 cm³/mol. The van der Waals surface area contributed by atoms with Crippen LogP contribution in [0.25, 0.3) is 5.76 Å². The molecule has 0 aliphatic carbocycles. The lowest BCUT2D eigenvalue weighted by molar-refractivity contribution is -0.384. The maximum atomic E-state index is 13.2. The van der Waals surface area contributed by atoms with E-state index in [2.05, 4.69) is 0 Å². The Bertz CT molecular complexity index is 1410. The summed E-state index contributed by atoms with van der Waals surface area (Å²) in [4.78, 5) is 50.4. The van der Waals surface area contributed by atoms with E-state index >= 15 is 0 Å². The van der Waals surface area contributed by atoms with Crippen molar-refractivity contribution in [2.75, 3.05) is 11.5 Å². The molecule has 1 saturated heterocycles. The molecule has 0 bridgehead atoms. The number of non-ortho nitro benzene ring substituents is 1. The van der Waals surface area contributed by atoms with Gasteiger partial charge in [-0.25, -0.2) is 4.79 Å². The molecule has 10 nitrogen and oxygen atoms in total. The van der Waals surface area contributed by atoms with Crippen molar-refractivity contribution in [1.82, 2.24) is 0 Å². The summed E-state index contributed by atoms with van der Waals surface area (Å²) in [5.74, 6) is -3.26. The molecule has 1 amide bonds. The number of phenolic OH excluding ortho intramolecular Hbond substituents is 1. The van der Waals surface area contributed by atoms with Gasteiger partial charge < -0.3 is 14.9 Å². The Labute approximate surface area is 204 Å². The molecule has 3 aromatic carbocycles. The molecule has 1 heterocycles. The number of benzene rings is 3. The highest BCUT2D eigenvalue weighted by atomic mass is 16.6. The van der Waals surface area contributed by atoms with Gasteiger partial charge in [-0.05, 0) is 42.8 Å². The van der Waals surface area contributed by atoms with Crippen LogP contribution in [-0.4, -0.2) is 39.4 Å². The van der Waals surface area contributed by atoms with E-state index in [-0.39, 0.29) is 40.4 Å². The average Bonchev–Trinajstić information content (AvgIpc) is 3.14. The number of amides is 1. The molecule has 36 heavy (non-hydrogen) atoms. The van der Waals surface area contributed by atoms with Gasteiger partial charge in [-0.15, -0.1) is 0 Å². The van der Waals surface area contributed by atoms with Crippen LogP contribution >= 0.6 is 0 Å². The highest BCUT2D eigenvalue weighted by Gasteiger charge is 2.47. The first-order chi connectivity index (χ1) is 17.2. The lowest BCUT2D eigenvalue weighted by atomic mass is 9.95. The number of ketones is 1. The van der Waals surface area contributed by atoms with Gasteiger partial charge >= 0.3 is 5.97 Å². The molecule has 1 fully saturated rings. The number of aromatic hydroxyl groups is 1. The number of rotatable bonds is 6. The normalized spacial score (nSPS) is 16.7. The first-order valence-electron chi connectivity index (χ1n) is 10.8. The number of esters is 1. The Morgan fingerprint density at radius 1 is 1.03 bits per heavy atom. The van der Waals surface area contributed by atoms with Gasteiger partial charge in [0.25, 0.3) is 17.4 Å². The minimum absolute atomic E-state index is 0.0220. The van der Waals surface area contributed by atoms with Crippen LogP contribution in [0.1, 0.15) is 34.5 Å². The number of nitro benzene ring substituents is 1. The molecule has 1 aliphatic rings. The summed E-state index contributed by atoms with van der Waals surface area (Å²) >= 11 is 0. The van der Waals surface area contributed by atoms with Gasteiger partial charge in [0.1, 0.15) is 11.5 Å². The summed E-state index contributed by atoms with van der Waals surface area (Å²) in [6.07, 6.45) is 0. The fraction of sp³-hybridized carbons (Fsp3) is 0.115. The van der Waals surface area contributed by atoms with Crippen molar-refractivity contribution in [3.63, 3.8) is 0 Å². The van der Waals surface area contributed by atoms with Crippen LogP contribution in [-0.2, 0) is 14.3 Å². The first-order valence-corrected chi connectivity index (χ1v) is 10.8. The number of nitrogens with zero attached hydrogens (tertiary/aromatic N) is 2. The summed E-state index contributed by atoms with van der Waals surface area (Å²) in [6, 6.07) is 15.5. The zero-order chi connectivity index (χ0) is 26.0. The molecular weight excluding hydrogens is 468 g/mol. The number of anilines is 1. The monoisotopic (exact) mass is 488 g/mol. The third-order valence-electron chi connectivity index (χ3n) is 5.62. The maximum absolute atomic E-state index is 13.2. The number of carbonyl (C=O) groups excluding carboxylic acids is 3. The molecule has 0 saturated carbocycles. The van der Waals surface area contributed by atoms with E-state index in [0.29, 0.717) is 5.56 Å². The number of phenols is 1. The summed E-state index contributed by atoms with van der Waals surface area (Å²) in [7, 11) is 0. The zero-order valence-corrected chi connectivity index (χ0v) is 19.0. The van der Waals surface area contributed by atoms with E-state index in [4.69, 9.17) is 4.74 Å². The average molecular weight is 488 g/mol. The Kier molecular flexibility index (Phi) is 6.51. The van der Waals surface area contributed by atoms with E-state index in [1.807, 2.05) is 0 Å². The highest BCUT2D eigenvalue weighted by molar-refractivity contribution is 6.51. The number of hydrogen-bond donors (Lipinski definition) is 2. The van der Waals surface area contributed by atoms with Gasteiger partial charge in [-0.1, -0.05) is 30.3 Å². The van der Waals surface area contributed by atoms with Crippen LogP contribution in [0.3, 0.4) is 0 Å². The molecule has 1 aliphatic heterocycles. The standard InChI is InChI=1S/C26H20N2O8/c1-2-36-26(33)17-6-4-7-18(14-17)27-22(15-9-11-20(29)12-10-15)21(24(31)25(27)32)23(30)16-5-3-8-19(13-16)28(34)35/h3-14,22,29-30H,2H2,1H3/b23-21-. The van der Waals surface area contributed by atoms with Crippen molar-refractivity contribution in [1.29, 1.82) is 0 Å². The van der Waals surface area contributed by atoms with Gasteiger partial charge in [0.15, 0.2) is 0 Å². The van der Waals surface area contributed by atoms with Crippen LogP contribution in [0.15, 0.2) is 78.4 Å². The number of Topliss-reactive ketones (excluding diaryl/α,β-unsaturated/α-hetero) is 1. The highest BCUT2D eigenvalue weighted by Crippen LogP contribution is 2.42. The van der Waals surface area contributed by atoms with E-state index in [1.165, 1.54) is 66.7 Å². The van der Waals surface area contributed by atoms with Gasteiger partial charge in [-0.2, -0.15) is 0 Å². The largest absolute Gasteiger partial charge is 0.508 e. The summed E-state index contributed by atoms with van der Waals surface area (Å²) in [5.41, 5.74) is 0.0920. The number of aliphatic hydroxyl groups is 1. The molecule has 0 radical (unpaired) electrons. The number of ether oxygens (including phenoxy) is 1. The van der Waals surface area contributed by atoms with Gasteiger partial charge in [0, 0.05) is 23.4 Å². The Morgan fingerprint density at radius 3 is 2.36 bits per heavy atom. The van der Waals surface area contributed by atoms with E-state index in [9.17, 15) is 34.7 Å². The minimum Gasteiger partial charge on any atom is -0.508 e. The number of carbonyl (C=O) groups is 3.